The third-order valence-electron chi connectivity index (χ3n) is 4.26. The minimum atomic E-state index is -4.20. The average molecular weight is 406 g/mol. The van der Waals surface area contributed by atoms with Gasteiger partial charge in [-0.15, -0.1) is 0 Å². The summed E-state index contributed by atoms with van der Waals surface area (Å²) in [6.45, 7) is 1.84. The Bertz CT molecular complexity index is 1140. The Morgan fingerprint density at radius 1 is 0.931 bits per heavy atom. The van der Waals surface area contributed by atoms with Crippen LogP contribution in [0.2, 0.25) is 0 Å². The third kappa shape index (κ3) is 4.29. The quantitative estimate of drug-likeness (QED) is 0.246. The lowest BCUT2D eigenvalue weighted by Gasteiger charge is -2.29. The number of Topliss-reactive ketones (excluding diaryl/α,β-unsaturated/α-hetero) is 1. The smallest absolute Gasteiger partial charge is 0.265 e. The fourth-order valence-electron chi connectivity index (χ4n) is 2.82. The van der Waals surface area contributed by atoms with Crippen molar-refractivity contribution in [1.29, 1.82) is 0 Å². The molecule has 0 saturated carbocycles. The highest BCUT2D eigenvalue weighted by Crippen LogP contribution is 2.28. The van der Waals surface area contributed by atoms with E-state index in [2.05, 4.69) is 10.0 Å². The zero-order chi connectivity index (χ0) is 20.9. The van der Waals surface area contributed by atoms with Crippen LogP contribution in [-0.4, -0.2) is 20.4 Å². The second-order valence-corrected chi connectivity index (χ2v) is 8.07. The maximum Gasteiger partial charge on any atom is 0.265 e. The predicted molar refractivity (Wildman–Crippen MR) is 111 cm³/mol. The van der Waals surface area contributed by atoms with Crippen molar-refractivity contribution < 1.29 is 13.2 Å². The lowest BCUT2D eigenvalue weighted by molar-refractivity contribution is 0.0965. The summed E-state index contributed by atoms with van der Waals surface area (Å²) in [7, 11) is -4.20. The van der Waals surface area contributed by atoms with Gasteiger partial charge in [0.1, 0.15) is 0 Å². The molecule has 1 atom stereocenters. The largest absolute Gasteiger partial charge is 0.292 e. The standard InChI is InChI=1S/C21H18N4O3S/c1-16-12-14-19(15-13-16)29(27,28)25(18-10-6-3-7-11-18)21(23-24-22)20(26)17-8-4-2-5-9-17/h2-15,21H,1H3. The second kappa shape index (κ2) is 8.60. The number of para-hydroxylation sites is 1. The highest BCUT2D eigenvalue weighted by Gasteiger charge is 2.36. The molecular formula is C21H18N4O3S. The Morgan fingerprint density at radius 3 is 2.03 bits per heavy atom. The minimum absolute atomic E-state index is 0.00838. The first-order valence-corrected chi connectivity index (χ1v) is 10.2. The second-order valence-electron chi connectivity index (χ2n) is 6.26. The van der Waals surface area contributed by atoms with E-state index in [1.54, 1.807) is 72.8 Å². The van der Waals surface area contributed by atoms with E-state index in [0.29, 0.717) is 0 Å². The molecule has 0 bridgehead atoms. The number of anilines is 1. The van der Waals surface area contributed by atoms with Crippen molar-refractivity contribution in [3.63, 3.8) is 0 Å². The summed E-state index contributed by atoms with van der Waals surface area (Å²) >= 11 is 0. The molecule has 3 aromatic carbocycles. The van der Waals surface area contributed by atoms with E-state index in [-0.39, 0.29) is 16.1 Å². The lowest BCUT2D eigenvalue weighted by atomic mass is 10.1. The molecule has 8 heteroatoms. The summed E-state index contributed by atoms with van der Waals surface area (Å²) in [5.74, 6) is -0.622. The minimum Gasteiger partial charge on any atom is -0.292 e. The van der Waals surface area contributed by atoms with Gasteiger partial charge >= 0.3 is 0 Å². The summed E-state index contributed by atoms with van der Waals surface area (Å²) in [5.41, 5.74) is 10.4. The molecule has 7 nitrogen and oxygen atoms in total. The van der Waals surface area contributed by atoms with Crippen molar-refractivity contribution in [2.24, 2.45) is 5.11 Å². The fourth-order valence-corrected chi connectivity index (χ4v) is 4.32. The van der Waals surface area contributed by atoms with Crippen LogP contribution in [0.5, 0.6) is 0 Å². The van der Waals surface area contributed by atoms with Crippen molar-refractivity contribution in [2.45, 2.75) is 18.0 Å². The van der Waals surface area contributed by atoms with Crippen LogP contribution < -0.4 is 4.31 Å². The van der Waals surface area contributed by atoms with Crippen molar-refractivity contribution >= 4 is 21.5 Å². The molecule has 3 rings (SSSR count). The maximum atomic E-state index is 13.5. The number of carbonyl (C=O) groups excluding carboxylic acids is 1. The molecule has 0 aliphatic rings. The molecule has 0 fully saturated rings. The molecule has 0 amide bonds. The fraction of sp³-hybridized carbons (Fsp3) is 0.0952. The van der Waals surface area contributed by atoms with Gasteiger partial charge in [-0.1, -0.05) is 71.3 Å². The van der Waals surface area contributed by atoms with E-state index in [1.165, 1.54) is 12.1 Å². The number of nitrogens with zero attached hydrogens (tertiary/aromatic N) is 4. The van der Waals surface area contributed by atoms with Crippen molar-refractivity contribution in [3.8, 4) is 0 Å². The summed E-state index contributed by atoms with van der Waals surface area (Å²) < 4.78 is 27.8. The number of rotatable bonds is 7. The van der Waals surface area contributed by atoms with E-state index in [4.69, 9.17) is 5.53 Å². The van der Waals surface area contributed by atoms with Gasteiger partial charge in [-0.3, -0.25) is 4.79 Å². The van der Waals surface area contributed by atoms with E-state index in [1.807, 2.05) is 6.92 Å². The number of hydrogen-bond donors (Lipinski definition) is 0. The van der Waals surface area contributed by atoms with Gasteiger partial charge in [-0.25, -0.2) is 12.7 Å². The first-order valence-electron chi connectivity index (χ1n) is 8.75. The Hall–Kier alpha value is -3.61. The first kappa shape index (κ1) is 20.1. The van der Waals surface area contributed by atoms with Gasteiger partial charge in [0.15, 0.2) is 11.9 Å². The molecule has 0 saturated heterocycles. The molecule has 0 aliphatic heterocycles. The SMILES string of the molecule is Cc1ccc(S(=O)(=O)N(c2ccccc2)C(N=[N+]=[N-])C(=O)c2ccccc2)cc1. The predicted octanol–water partition coefficient (Wildman–Crippen LogP) is 4.71. The van der Waals surface area contributed by atoms with Crippen LogP contribution >= 0.6 is 0 Å². The van der Waals surface area contributed by atoms with E-state index in [0.717, 1.165) is 9.87 Å². The van der Waals surface area contributed by atoms with Gasteiger partial charge in [-0.2, -0.15) is 0 Å². The molecule has 29 heavy (non-hydrogen) atoms. The molecule has 0 aliphatic carbocycles. The van der Waals surface area contributed by atoms with Crippen molar-refractivity contribution in [2.75, 3.05) is 4.31 Å². The molecule has 0 radical (unpaired) electrons. The molecule has 0 heterocycles. The summed E-state index contributed by atoms with van der Waals surface area (Å²) in [6, 6.07) is 22.5. The molecule has 0 N–H and O–H groups in total. The highest BCUT2D eigenvalue weighted by molar-refractivity contribution is 7.93. The van der Waals surface area contributed by atoms with Crippen LogP contribution in [0.4, 0.5) is 5.69 Å². The van der Waals surface area contributed by atoms with Crippen LogP contribution in [0.15, 0.2) is 94.9 Å². The topological polar surface area (TPSA) is 103 Å². The van der Waals surface area contributed by atoms with E-state index >= 15 is 0 Å². The number of azide groups is 1. The van der Waals surface area contributed by atoms with Gasteiger partial charge < -0.3 is 0 Å². The van der Waals surface area contributed by atoms with E-state index < -0.39 is 22.0 Å². The van der Waals surface area contributed by atoms with Gasteiger partial charge in [0.2, 0.25) is 0 Å². The summed E-state index contributed by atoms with van der Waals surface area (Å²) in [5, 5.41) is 3.56. The average Bonchev–Trinajstić information content (AvgIpc) is 2.74. The molecule has 3 aromatic rings. The number of hydrogen-bond acceptors (Lipinski definition) is 4. The Morgan fingerprint density at radius 2 is 1.48 bits per heavy atom. The molecule has 1 unspecified atom stereocenters. The number of sulfonamides is 1. The molecular weight excluding hydrogens is 388 g/mol. The van der Waals surface area contributed by atoms with E-state index in [9.17, 15) is 13.2 Å². The van der Waals surface area contributed by atoms with Gasteiger partial charge in [-0.05, 0) is 36.7 Å². The number of benzene rings is 3. The highest BCUT2D eigenvalue weighted by atomic mass is 32.2. The molecule has 146 valence electrons. The van der Waals surface area contributed by atoms with Crippen molar-refractivity contribution in [3.05, 3.63) is 106 Å². The van der Waals surface area contributed by atoms with Crippen molar-refractivity contribution in [1.82, 2.24) is 0 Å². The molecule has 0 aromatic heterocycles. The normalized spacial score (nSPS) is 11.9. The van der Waals surface area contributed by atoms with Crippen LogP contribution in [0, 0.1) is 6.92 Å². The van der Waals surface area contributed by atoms with Crippen LogP contribution in [0.3, 0.4) is 0 Å². The monoisotopic (exact) mass is 406 g/mol. The number of aryl methyl sites for hydroxylation is 1. The zero-order valence-electron chi connectivity index (χ0n) is 15.6. The lowest BCUT2D eigenvalue weighted by Crippen LogP contribution is -2.44. The molecule has 0 spiro atoms. The number of ketones is 1. The Balaban J connectivity index is 2.20. The summed E-state index contributed by atoms with van der Waals surface area (Å²) in [6.07, 6.45) is -1.61. The Kier molecular flexibility index (Phi) is 5.97. The Labute approximate surface area is 168 Å². The van der Waals surface area contributed by atoms with Crippen LogP contribution in [0.1, 0.15) is 15.9 Å². The first-order chi connectivity index (χ1) is 13.9. The third-order valence-corrected chi connectivity index (χ3v) is 6.06. The van der Waals surface area contributed by atoms with Gasteiger partial charge in [0, 0.05) is 10.5 Å². The maximum absolute atomic E-state index is 13.5. The number of carbonyl (C=O) groups is 1. The summed E-state index contributed by atoms with van der Waals surface area (Å²) in [4.78, 5) is 15.9. The van der Waals surface area contributed by atoms with Crippen LogP contribution in [-0.2, 0) is 10.0 Å². The zero-order valence-corrected chi connectivity index (χ0v) is 16.4. The van der Waals surface area contributed by atoms with Gasteiger partial charge in [0.05, 0.1) is 10.6 Å². The van der Waals surface area contributed by atoms with Gasteiger partial charge in [0.25, 0.3) is 10.0 Å². The van der Waals surface area contributed by atoms with Crippen LogP contribution in [0.25, 0.3) is 10.4 Å².